The van der Waals surface area contributed by atoms with Crippen molar-refractivity contribution in [3.05, 3.63) is 35.8 Å². The number of amides is 1. The van der Waals surface area contributed by atoms with Crippen LogP contribution in [0.3, 0.4) is 0 Å². The van der Waals surface area contributed by atoms with Crippen LogP contribution in [0.15, 0.2) is 24.4 Å². The number of carbonyl (C=O) groups is 1. The number of rotatable bonds is 3. The quantitative estimate of drug-likeness (QED) is 0.797. The smallest absolute Gasteiger partial charge is 0.257 e. The summed E-state index contributed by atoms with van der Waals surface area (Å²) in [5, 5.41) is 3.98. The summed E-state index contributed by atoms with van der Waals surface area (Å²) in [7, 11) is -1.03. The van der Waals surface area contributed by atoms with Gasteiger partial charge < -0.3 is 15.1 Å². The average molecular weight is 436 g/mol. The first-order chi connectivity index (χ1) is 14.5. The largest absolute Gasteiger partial charge is 0.368 e. The van der Waals surface area contributed by atoms with Crippen LogP contribution in [0.4, 0.5) is 10.1 Å². The van der Waals surface area contributed by atoms with Crippen molar-refractivity contribution in [2.45, 2.75) is 13.8 Å². The molecule has 1 aromatic carbocycles. The van der Waals surface area contributed by atoms with E-state index in [1.54, 1.807) is 23.4 Å². The minimum Gasteiger partial charge on any atom is -0.368 e. The summed E-state index contributed by atoms with van der Waals surface area (Å²) >= 11 is 0. The molecule has 2 fully saturated rings. The second-order valence-electron chi connectivity index (χ2n) is 7.06. The van der Waals surface area contributed by atoms with Crippen molar-refractivity contribution in [1.82, 2.24) is 19.5 Å². The van der Waals surface area contributed by atoms with Crippen molar-refractivity contribution in [2.75, 3.05) is 63.5 Å². The highest BCUT2D eigenvalue weighted by Gasteiger charge is 2.28. The maximum Gasteiger partial charge on any atom is 0.257 e. The van der Waals surface area contributed by atoms with Gasteiger partial charge in [-0.05, 0) is 18.2 Å². The molecule has 1 atom stereocenters. The van der Waals surface area contributed by atoms with Gasteiger partial charge in [-0.2, -0.15) is 0 Å². The molecule has 2 aromatic rings. The highest BCUT2D eigenvalue weighted by molar-refractivity contribution is 7.81. The van der Waals surface area contributed by atoms with E-state index in [1.807, 2.05) is 18.2 Å². The molecule has 0 radical (unpaired) electrons. The van der Waals surface area contributed by atoms with Crippen molar-refractivity contribution in [1.29, 1.82) is 0 Å². The number of pyridine rings is 1. The zero-order valence-electron chi connectivity index (χ0n) is 17.9. The maximum absolute atomic E-state index is 14.0. The van der Waals surface area contributed by atoms with Gasteiger partial charge in [0.05, 0.1) is 27.8 Å². The third kappa shape index (κ3) is 4.79. The summed E-state index contributed by atoms with van der Waals surface area (Å²) in [6, 6.07) is 4.51. The first-order valence-electron chi connectivity index (χ1n) is 10.5. The van der Waals surface area contributed by atoms with Crippen molar-refractivity contribution >= 4 is 33.5 Å². The Kier molecular flexibility index (Phi) is 7.74. The summed E-state index contributed by atoms with van der Waals surface area (Å²) in [6.07, 6.45) is 3.27. The molecule has 4 rings (SSSR count). The number of halogens is 1. The minimum atomic E-state index is -1.03. The van der Waals surface area contributed by atoms with Gasteiger partial charge in [0.25, 0.3) is 5.91 Å². The molecule has 2 aliphatic heterocycles. The van der Waals surface area contributed by atoms with Crippen molar-refractivity contribution in [3.8, 4) is 0 Å². The first-order valence-corrected chi connectivity index (χ1v) is 12.0. The predicted octanol–water partition coefficient (Wildman–Crippen LogP) is 1.86. The molecule has 1 N–H and O–H groups in total. The van der Waals surface area contributed by atoms with Gasteiger partial charge in [0.15, 0.2) is 0 Å². The number of aromatic nitrogens is 1. The number of nitrogens with one attached hydrogen (secondary N) is 1. The number of hydrogen-bond acceptors (Lipinski definition) is 5. The number of benzene rings is 1. The Balaban J connectivity index is 0.00000124. The molecule has 1 unspecified atom stereocenters. The molecule has 0 bridgehead atoms. The molecule has 9 heteroatoms. The van der Waals surface area contributed by atoms with Crippen LogP contribution in [0.25, 0.3) is 10.9 Å². The van der Waals surface area contributed by atoms with E-state index in [0.29, 0.717) is 42.6 Å². The Bertz CT molecular complexity index is 912. The van der Waals surface area contributed by atoms with Gasteiger partial charge in [0.1, 0.15) is 5.82 Å². The molecule has 30 heavy (non-hydrogen) atoms. The zero-order chi connectivity index (χ0) is 21.7. The summed E-state index contributed by atoms with van der Waals surface area (Å²) < 4.78 is 27.5. The molecule has 2 saturated heterocycles. The Morgan fingerprint density at radius 3 is 2.40 bits per heavy atom. The summed E-state index contributed by atoms with van der Waals surface area (Å²) in [4.78, 5) is 21.7. The second kappa shape index (κ2) is 10.3. The zero-order valence-corrected chi connectivity index (χ0v) is 18.7. The first kappa shape index (κ1) is 22.6. The Hall–Kier alpha value is -2.10. The fraction of sp³-hybridized carbons (Fsp3) is 0.524. The summed E-state index contributed by atoms with van der Waals surface area (Å²) in [5.41, 5.74) is 1.95. The van der Waals surface area contributed by atoms with Crippen LogP contribution in [0.1, 0.15) is 24.2 Å². The molecular weight excluding hydrogens is 405 g/mol. The molecule has 2 aliphatic rings. The van der Waals surface area contributed by atoms with E-state index in [9.17, 15) is 13.4 Å². The van der Waals surface area contributed by atoms with Gasteiger partial charge in [-0.25, -0.2) is 12.9 Å². The van der Waals surface area contributed by atoms with Crippen LogP contribution in [-0.2, 0) is 11.0 Å². The van der Waals surface area contributed by atoms with Crippen molar-refractivity contribution in [3.63, 3.8) is 0 Å². The van der Waals surface area contributed by atoms with E-state index in [1.165, 1.54) is 12.1 Å². The number of nitrogens with zero attached hydrogens (tertiary/aromatic N) is 4. The molecular formula is C21H30FN5O2S. The molecule has 164 valence electrons. The van der Waals surface area contributed by atoms with Gasteiger partial charge >= 0.3 is 0 Å². The van der Waals surface area contributed by atoms with E-state index in [4.69, 9.17) is 0 Å². The highest BCUT2D eigenvalue weighted by atomic mass is 32.2. The van der Waals surface area contributed by atoms with Crippen molar-refractivity contribution < 1.29 is 13.4 Å². The number of piperazine rings is 2. The lowest BCUT2D eigenvalue weighted by Crippen LogP contribution is -2.49. The van der Waals surface area contributed by atoms with E-state index in [0.717, 1.165) is 31.9 Å². The van der Waals surface area contributed by atoms with Crippen LogP contribution in [0, 0.1) is 5.82 Å². The molecule has 3 heterocycles. The number of anilines is 1. The fourth-order valence-electron chi connectivity index (χ4n) is 3.86. The van der Waals surface area contributed by atoms with Crippen LogP contribution < -0.4 is 10.2 Å². The van der Waals surface area contributed by atoms with E-state index in [2.05, 4.69) is 15.2 Å². The number of hydrogen-bond donors (Lipinski definition) is 1. The Labute approximate surface area is 179 Å². The standard InChI is InChI=1S/C19H24FN5O2S.C2H6/c1-28(27)25-10-8-24(9-11-25)19(26)16-13-22-17-3-2-14(20)12-15(17)18(16)23-6-4-21-5-7-23;1-2/h2-3,12-13,21H,4-11H2,1H3;1-2H3. The van der Waals surface area contributed by atoms with E-state index >= 15 is 0 Å². The van der Waals surface area contributed by atoms with E-state index < -0.39 is 11.0 Å². The third-order valence-corrected chi connectivity index (χ3v) is 6.45. The monoisotopic (exact) mass is 435 g/mol. The van der Waals surface area contributed by atoms with Gasteiger partial charge in [-0.3, -0.25) is 9.78 Å². The molecule has 7 nitrogen and oxygen atoms in total. The number of carbonyl (C=O) groups excluding carboxylic acids is 1. The molecule has 0 aliphatic carbocycles. The Morgan fingerprint density at radius 2 is 1.77 bits per heavy atom. The van der Waals surface area contributed by atoms with Gasteiger partial charge in [-0.15, -0.1) is 0 Å². The van der Waals surface area contributed by atoms with Gasteiger partial charge in [-0.1, -0.05) is 13.8 Å². The summed E-state index contributed by atoms with van der Waals surface area (Å²) in [5.74, 6) is -0.442. The maximum atomic E-state index is 14.0. The van der Waals surface area contributed by atoms with Crippen LogP contribution in [-0.4, -0.2) is 82.9 Å². The summed E-state index contributed by atoms with van der Waals surface area (Å²) in [6.45, 7) is 9.31. The Morgan fingerprint density at radius 1 is 1.10 bits per heavy atom. The minimum absolute atomic E-state index is 0.103. The van der Waals surface area contributed by atoms with E-state index in [-0.39, 0.29) is 11.7 Å². The average Bonchev–Trinajstić information content (AvgIpc) is 2.79. The molecule has 0 spiro atoms. The fourth-order valence-corrected chi connectivity index (χ4v) is 4.53. The normalized spacial score (nSPS) is 18.7. The van der Waals surface area contributed by atoms with Crippen LogP contribution >= 0.6 is 0 Å². The second-order valence-corrected chi connectivity index (χ2v) is 8.43. The topological polar surface area (TPSA) is 68.8 Å². The SMILES string of the molecule is CC.CS(=O)N1CCN(C(=O)c2cnc3ccc(F)cc3c2N2CCNCC2)CC1. The van der Waals surface area contributed by atoms with Crippen LogP contribution in [0.2, 0.25) is 0 Å². The third-order valence-electron chi connectivity index (χ3n) is 5.35. The lowest BCUT2D eigenvalue weighted by atomic mass is 10.1. The lowest BCUT2D eigenvalue weighted by Gasteiger charge is -2.35. The highest BCUT2D eigenvalue weighted by Crippen LogP contribution is 2.31. The van der Waals surface area contributed by atoms with Crippen LogP contribution in [0.5, 0.6) is 0 Å². The van der Waals surface area contributed by atoms with Crippen molar-refractivity contribution in [2.24, 2.45) is 0 Å². The molecule has 0 saturated carbocycles. The van der Waals surface area contributed by atoms with Gasteiger partial charge in [0.2, 0.25) is 0 Å². The lowest BCUT2D eigenvalue weighted by molar-refractivity contribution is 0.0701. The van der Waals surface area contributed by atoms with Gasteiger partial charge in [0, 0.05) is 70.2 Å². The molecule has 1 aromatic heterocycles. The predicted molar refractivity (Wildman–Crippen MR) is 120 cm³/mol. The number of fused-ring (bicyclic) bond motifs is 1. The molecule has 1 amide bonds.